The standard InChI is InChI=1S/C20H21ClN4OS/c1-24-20(17-12-27-13-18(17)23-24)22-19(26)10-15(11-25-8-2-3-9-25)14-4-6-16(21)7-5-14/h2-9,15H,10-13H2,1H3,(H,22,26)/t15-/m1/s1. The van der Waals surface area contributed by atoms with Gasteiger partial charge < -0.3 is 9.88 Å². The minimum absolute atomic E-state index is 0.00445. The van der Waals surface area contributed by atoms with Crippen molar-refractivity contribution >= 4 is 35.1 Å². The van der Waals surface area contributed by atoms with E-state index in [2.05, 4.69) is 15.0 Å². The molecule has 3 aromatic rings. The summed E-state index contributed by atoms with van der Waals surface area (Å²) >= 11 is 7.87. The zero-order valence-electron chi connectivity index (χ0n) is 15.1. The maximum atomic E-state index is 12.8. The molecule has 0 bridgehead atoms. The Morgan fingerprint density at radius 1 is 1.26 bits per heavy atom. The topological polar surface area (TPSA) is 51.9 Å². The fourth-order valence-electron chi connectivity index (χ4n) is 3.47. The van der Waals surface area contributed by atoms with Crippen LogP contribution in [0, 0.1) is 0 Å². The molecule has 0 saturated carbocycles. The van der Waals surface area contributed by atoms with Crippen molar-refractivity contribution in [3.8, 4) is 0 Å². The number of rotatable bonds is 6. The Balaban J connectivity index is 1.52. The Morgan fingerprint density at radius 3 is 2.74 bits per heavy atom. The molecule has 7 heteroatoms. The summed E-state index contributed by atoms with van der Waals surface area (Å²) in [6.07, 6.45) is 4.44. The number of aryl methyl sites for hydroxylation is 1. The number of aromatic nitrogens is 3. The van der Waals surface area contributed by atoms with Crippen molar-refractivity contribution in [1.29, 1.82) is 0 Å². The van der Waals surface area contributed by atoms with Crippen molar-refractivity contribution in [2.24, 2.45) is 7.05 Å². The van der Waals surface area contributed by atoms with E-state index in [1.54, 1.807) is 4.68 Å². The van der Waals surface area contributed by atoms with E-state index in [1.807, 2.05) is 67.6 Å². The van der Waals surface area contributed by atoms with Crippen LogP contribution in [0.1, 0.15) is 29.2 Å². The molecule has 1 aliphatic heterocycles. The van der Waals surface area contributed by atoms with Gasteiger partial charge in [-0.1, -0.05) is 23.7 Å². The summed E-state index contributed by atoms with van der Waals surface area (Å²) < 4.78 is 3.89. The summed E-state index contributed by atoms with van der Waals surface area (Å²) in [5, 5.41) is 8.31. The summed E-state index contributed by atoms with van der Waals surface area (Å²) in [6.45, 7) is 0.737. The maximum absolute atomic E-state index is 12.8. The molecule has 140 valence electrons. The van der Waals surface area contributed by atoms with Gasteiger partial charge >= 0.3 is 0 Å². The number of carbonyl (C=O) groups is 1. The van der Waals surface area contributed by atoms with Gasteiger partial charge in [0.15, 0.2) is 0 Å². The first-order chi connectivity index (χ1) is 13.1. The molecule has 2 aromatic heterocycles. The van der Waals surface area contributed by atoms with Crippen LogP contribution in [0.2, 0.25) is 5.02 Å². The van der Waals surface area contributed by atoms with Gasteiger partial charge in [-0.25, -0.2) is 0 Å². The first-order valence-corrected chi connectivity index (χ1v) is 10.4. The van der Waals surface area contributed by atoms with Crippen molar-refractivity contribution in [3.63, 3.8) is 0 Å². The highest BCUT2D eigenvalue weighted by Crippen LogP contribution is 2.34. The molecule has 3 heterocycles. The van der Waals surface area contributed by atoms with Crippen LogP contribution < -0.4 is 5.32 Å². The highest BCUT2D eigenvalue weighted by atomic mass is 35.5. The van der Waals surface area contributed by atoms with Crippen molar-refractivity contribution in [2.45, 2.75) is 30.4 Å². The Morgan fingerprint density at radius 2 is 2.00 bits per heavy atom. The number of carbonyl (C=O) groups excluding carboxylic acids is 1. The number of nitrogens with zero attached hydrogens (tertiary/aromatic N) is 3. The summed E-state index contributed by atoms with van der Waals surface area (Å²) in [4.78, 5) is 12.8. The van der Waals surface area contributed by atoms with Gasteiger partial charge in [0, 0.05) is 60.4 Å². The molecule has 0 spiro atoms. The van der Waals surface area contributed by atoms with Crippen molar-refractivity contribution < 1.29 is 4.79 Å². The summed E-state index contributed by atoms with van der Waals surface area (Å²) in [7, 11) is 1.88. The number of fused-ring (bicyclic) bond motifs is 1. The molecular weight excluding hydrogens is 380 g/mol. The number of hydrogen-bond acceptors (Lipinski definition) is 3. The molecule has 4 rings (SSSR count). The minimum Gasteiger partial charge on any atom is -0.354 e. The van der Waals surface area contributed by atoms with Gasteiger partial charge in [0.25, 0.3) is 0 Å². The highest BCUT2D eigenvalue weighted by Gasteiger charge is 2.24. The highest BCUT2D eigenvalue weighted by molar-refractivity contribution is 7.98. The van der Waals surface area contributed by atoms with Crippen LogP contribution in [0.5, 0.6) is 0 Å². The second-order valence-corrected chi connectivity index (χ2v) is 8.19. The number of nitrogens with one attached hydrogen (secondary N) is 1. The van der Waals surface area contributed by atoms with Crippen LogP contribution in [0.15, 0.2) is 48.8 Å². The Labute approximate surface area is 167 Å². The third kappa shape index (κ3) is 4.06. The molecule has 1 aliphatic rings. The molecule has 1 atom stereocenters. The van der Waals surface area contributed by atoms with E-state index >= 15 is 0 Å². The normalized spacial score (nSPS) is 14.1. The number of halogens is 1. The van der Waals surface area contributed by atoms with Gasteiger partial charge in [0.2, 0.25) is 5.91 Å². The fourth-order valence-corrected chi connectivity index (χ4v) is 4.63. The fraction of sp³-hybridized carbons (Fsp3) is 0.300. The van der Waals surface area contributed by atoms with Gasteiger partial charge in [0.05, 0.1) is 5.69 Å². The third-order valence-corrected chi connectivity index (χ3v) is 6.06. The van der Waals surface area contributed by atoms with Crippen LogP contribution in [0.25, 0.3) is 0 Å². The van der Waals surface area contributed by atoms with Crippen LogP contribution >= 0.6 is 23.4 Å². The van der Waals surface area contributed by atoms with E-state index in [0.29, 0.717) is 11.4 Å². The lowest BCUT2D eigenvalue weighted by molar-refractivity contribution is -0.116. The number of anilines is 1. The van der Waals surface area contributed by atoms with Gasteiger partial charge in [0.1, 0.15) is 5.82 Å². The molecule has 1 amide bonds. The van der Waals surface area contributed by atoms with Crippen molar-refractivity contribution in [1.82, 2.24) is 14.3 Å². The SMILES string of the molecule is Cn1nc2c(c1NC(=O)C[C@H](Cn1cccc1)c1ccc(Cl)cc1)CSC2. The lowest BCUT2D eigenvalue weighted by Gasteiger charge is -2.18. The molecule has 27 heavy (non-hydrogen) atoms. The lowest BCUT2D eigenvalue weighted by atomic mass is 9.95. The second kappa shape index (κ2) is 7.82. The van der Waals surface area contributed by atoms with E-state index < -0.39 is 0 Å². The molecule has 5 nitrogen and oxygen atoms in total. The third-order valence-electron chi connectivity index (χ3n) is 4.84. The average Bonchev–Trinajstić information content (AvgIpc) is 3.36. The molecular formula is C20H21ClN4OS. The van der Waals surface area contributed by atoms with E-state index in [1.165, 1.54) is 0 Å². The molecule has 0 aliphatic carbocycles. The van der Waals surface area contributed by atoms with Crippen LogP contribution in [-0.4, -0.2) is 20.3 Å². The van der Waals surface area contributed by atoms with Crippen LogP contribution in [0.4, 0.5) is 5.82 Å². The predicted octanol–water partition coefficient (Wildman–Crippen LogP) is 4.43. The van der Waals surface area contributed by atoms with E-state index in [-0.39, 0.29) is 11.8 Å². The maximum Gasteiger partial charge on any atom is 0.226 e. The summed E-state index contributed by atoms with van der Waals surface area (Å²) in [5.74, 6) is 2.72. The largest absolute Gasteiger partial charge is 0.354 e. The monoisotopic (exact) mass is 400 g/mol. The Bertz CT molecular complexity index is 934. The minimum atomic E-state index is 0.00445. The molecule has 1 aromatic carbocycles. The van der Waals surface area contributed by atoms with Gasteiger partial charge in [-0.15, -0.1) is 0 Å². The van der Waals surface area contributed by atoms with Gasteiger partial charge in [-0.2, -0.15) is 16.9 Å². The van der Waals surface area contributed by atoms with Crippen molar-refractivity contribution in [3.05, 3.63) is 70.6 Å². The first-order valence-electron chi connectivity index (χ1n) is 8.88. The average molecular weight is 401 g/mol. The van der Waals surface area contributed by atoms with E-state index in [0.717, 1.165) is 40.7 Å². The Kier molecular flexibility index (Phi) is 5.27. The molecule has 0 fully saturated rings. The molecule has 0 saturated heterocycles. The number of hydrogen-bond donors (Lipinski definition) is 1. The van der Waals surface area contributed by atoms with Gasteiger partial charge in [-0.3, -0.25) is 9.48 Å². The van der Waals surface area contributed by atoms with Gasteiger partial charge in [-0.05, 0) is 29.8 Å². The smallest absolute Gasteiger partial charge is 0.226 e. The van der Waals surface area contributed by atoms with Crippen molar-refractivity contribution in [2.75, 3.05) is 5.32 Å². The van der Waals surface area contributed by atoms with Crippen LogP contribution in [0.3, 0.4) is 0 Å². The molecule has 0 radical (unpaired) electrons. The number of benzene rings is 1. The summed E-state index contributed by atoms with van der Waals surface area (Å²) in [5.41, 5.74) is 3.35. The Hall–Kier alpha value is -2.18. The van der Waals surface area contributed by atoms with E-state index in [4.69, 9.17) is 11.6 Å². The number of thioether (sulfide) groups is 1. The van der Waals surface area contributed by atoms with E-state index in [9.17, 15) is 4.79 Å². The van der Waals surface area contributed by atoms with Crippen LogP contribution in [-0.2, 0) is 29.9 Å². The first kappa shape index (κ1) is 18.2. The predicted molar refractivity (Wildman–Crippen MR) is 110 cm³/mol. The molecule has 1 N–H and O–H groups in total. The zero-order chi connectivity index (χ0) is 18.8. The molecule has 0 unspecified atom stereocenters. The zero-order valence-corrected chi connectivity index (χ0v) is 16.6. The number of amides is 1. The summed E-state index contributed by atoms with van der Waals surface area (Å²) in [6, 6.07) is 11.8. The lowest BCUT2D eigenvalue weighted by Crippen LogP contribution is -2.20. The second-order valence-electron chi connectivity index (χ2n) is 6.77. The quantitative estimate of drug-likeness (QED) is 0.665.